The van der Waals surface area contributed by atoms with Crippen molar-refractivity contribution in [2.75, 3.05) is 25.7 Å². The summed E-state index contributed by atoms with van der Waals surface area (Å²) in [7, 11) is 2.31. The molecule has 0 radical (unpaired) electrons. The van der Waals surface area contributed by atoms with Gasteiger partial charge in [-0.3, -0.25) is 0 Å². The van der Waals surface area contributed by atoms with Crippen LogP contribution in [0.3, 0.4) is 0 Å². The van der Waals surface area contributed by atoms with Crippen LogP contribution in [0.15, 0.2) is 65.1 Å². The molecule has 4 aromatic rings. The molecule has 3 atom stereocenters. The molecule has 1 aromatic heterocycles. The summed E-state index contributed by atoms with van der Waals surface area (Å²) in [5.74, 6) is 0. The third-order valence-corrected chi connectivity index (χ3v) is 18.5. The molecule has 0 N–H and O–H groups in total. The molecule has 1 spiro atoms. The van der Waals surface area contributed by atoms with E-state index in [1.165, 1.54) is 27.8 Å². The summed E-state index contributed by atoms with van der Waals surface area (Å²) in [6.07, 6.45) is 0.493. The minimum atomic E-state index is -1.56. The maximum atomic E-state index is 6.52. The number of para-hydroxylation sites is 3. The fraction of sp³-hybridized carbons (Fsp3) is 0.250. The molecule has 140 valence electrons. The molecule has 5 heterocycles. The second kappa shape index (κ2) is 4.51. The molecular formula is C24H20IN2O-. The first-order valence-corrected chi connectivity index (χ1v) is 15.6. The van der Waals surface area contributed by atoms with E-state index in [2.05, 4.69) is 77.5 Å². The van der Waals surface area contributed by atoms with Crippen molar-refractivity contribution >= 4 is 39.0 Å². The number of hydrogen-bond acceptors (Lipinski definition) is 3. The molecule has 0 aliphatic carbocycles. The standard InChI is InChI=1S/C24H20IN2O/c1-26-17-7-3-4-8-18(17)27-22-16(20-21(24(26)27)25(20)12-13-25)11-10-15-14-6-2-5-9-19(14)28-23(15)22/h2-11,20-21,24H,12-13H2,1H3/q-1. The third kappa shape index (κ3) is 1.47. The maximum absolute atomic E-state index is 6.52. The van der Waals surface area contributed by atoms with Crippen LogP contribution in [0.25, 0.3) is 21.9 Å². The zero-order chi connectivity index (χ0) is 18.2. The van der Waals surface area contributed by atoms with Crippen molar-refractivity contribution in [3.8, 4) is 0 Å². The van der Waals surface area contributed by atoms with Gasteiger partial charge < -0.3 is 0 Å². The monoisotopic (exact) mass is 479 g/mol. The van der Waals surface area contributed by atoms with Gasteiger partial charge in [0.05, 0.1) is 0 Å². The van der Waals surface area contributed by atoms with Crippen LogP contribution in [0.2, 0.25) is 0 Å². The number of fused-ring (bicyclic) bond motifs is 14. The Morgan fingerprint density at radius 3 is 2.54 bits per heavy atom. The van der Waals surface area contributed by atoms with Crippen LogP contribution < -0.4 is 28.2 Å². The number of halogens is 1. The van der Waals surface area contributed by atoms with Gasteiger partial charge in [0.25, 0.3) is 0 Å². The summed E-state index contributed by atoms with van der Waals surface area (Å²) >= 11 is -1.56. The van der Waals surface area contributed by atoms with Gasteiger partial charge in [-0.15, -0.1) is 0 Å². The van der Waals surface area contributed by atoms with Crippen molar-refractivity contribution in [1.82, 2.24) is 0 Å². The summed E-state index contributed by atoms with van der Waals surface area (Å²) in [5.41, 5.74) is 7.78. The summed E-state index contributed by atoms with van der Waals surface area (Å²) < 4.78 is 11.4. The van der Waals surface area contributed by atoms with Crippen LogP contribution in [0.5, 0.6) is 0 Å². The average molecular weight is 479 g/mol. The molecule has 2 fully saturated rings. The van der Waals surface area contributed by atoms with Crippen molar-refractivity contribution in [1.29, 1.82) is 0 Å². The van der Waals surface area contributed by atoms with Crippen LogP contribution in [-0.4, -0.2) is 26.0 Å². The molecule has 0 bridgehead atoms. The van der Waals surface area contributed by atoms with Gasteiger partial charge in [-0.2, -0.15) is 0 Å². The van der Waals surface area contributed by atoms with E-state index < -0.39 is 18.4 Å². The van der Waals surface area contributed by atoms with E-state index in [4.69, 9.17) is 4.42 Å². The Morgan fingerprint density at radius 1 is 0.893 bits per heavy atom. The van der Waals surface area contributed by atoms with Gasteiger partial charge in [0.1, 0.15) is 0 Å². The average Bonchev–Trinajstić information content (AvgIpc) is 3.58. The Bertz CT molecular complexity index is 1340. The molecule has 2 saturated heterocycles. The Hall–Kier alpha value is -2.21. The second-order valence-electron chi connectivity index (χ2n) is 8.52. The molecule has 8 rings (SSSR count). The SMILES string of the molecule is CN1c2ccccc2N2c3c(ccc4c3oc3ccccc34)C3C(C12)[I-]31CC1. The van der Waals surface area contributed by atoms with E-state index in [1.54, 1.807) is 14.4 Å². The van der Waals surface area contributed by atoms with Gasteiger partial charge in [0.15, 0.2) is 0 Å². The number of anilines is 3. The molecule has 4 aliphatic rings. The van der Waals surface area contributed by atoms with Gasteiger partial charge in [-0.1, -0.05) is 0 Å². The van der Waals surface area contributed by atoms with Crippen molar-refractivity contribution < 1.29 is 22.9 Å². The molecule has 28 heavy (non-hydrogen) atoms. The minimum absolute atomic E-state index is 0.493. The first kappa shape index (κ1) is 14.7. The Kier molecular flexibility index (Phi) is 2.37. The molecule has 0 saturated carbocycles. The van der Waals surface area contributed by atoms with Crippen LogP contribution in [0.4, 0.5) is 17.1 Å². The number of hydrogen-bond donors (Lipinski definition) is 0. The summed E-state index contributed by atoms with van der Waals surface area (Å²) in [6.45, 7) is 0. The van der Waals surface area contributed by atoms with Crippen LogP contribution in [-0.2, 0) is 0 Å². The van der Waals surface area contributed by atoms with Crippen LogP contribution in [0.1, 0.15) is 9.49 Å². The van der Waals surface area contributed by atoms with E-state index in [9.17, 15) is 0 Å². The van der Waals surface area contributed by atoms with Gasteiger partial charge >= 0.3 is 168 Å². The fourth-order valence-electron chi connectivity index (χ4n) is 6.02. The number of rotatable bonds is 0. The zero-order valence-corrected chi connectivity index (χ0v) is 17.8. The van der Waals surface area contributed by atoms with Crippen LogP contribution >= 0.6 is 0 Å². The van der Waals surface area contributed by atoms with Crippen molar-refractivity contribution in [3.05, 3.63) is 66.2 Å². The number of alkyl halides is 4. The molecular weight excluding hydrogens is 459 g/mol. The number of benzene rings is 3. The predicted octanol–water partition coefficient (Wildman–Crippen LogP) is 2.11. The molecule has 4 heteroatoms. The molecule has 3 aromatic carbocycles. The summed E-state index contributed by atoms with van der Waals surface area (Å²) in [6, 6.07) is 22.2. The number of furan rings is 1. The van der Waals surface area contributed by atoms with Crippen molar-refractivity contribution in [3.63, 3.8) is 0 Å². The molecule has 0 amide bonds. The first-order chi connectivity index (χ1) is 13.8. The summed E-state index contributed by atoms with van der Waals surface area (Å²) in [5, 5.41) is 2.49. The van der Waals surface area contributed by atoms with Crippen molar-refractivity contribution in [2.24, 2.45) is 0 Å². The Labute approximate surface area is 167 Å². The molecule has 3 unspecified atom stereocenters. The topological polar surface area (TPSA) is 19.6 Å². The predicted molar refractivity (Wildman–Crippen MR) is 111 cm³/mol. The van der Waals surface area contributed by atoms with E-state index >= 15 is 0 Å². The number of nitrogens with zero attached hydrogens (tertiary/aromatic N) is 2. The summed E-state index contributed by atoms with van der Waals surface area (Å²) in [4.78, 5) is 5.21. The fourth-order valence-corrected chi connectivity index (χ4v) is 21.8. The Morgan fingerprint density at radius 2 is 1.68 bits per heavy atom. The van der Waals surface area contributed by atoms with E-state index in [1.807, 2.05) is 0 Å². The van der Waals surface area contributed by atoms with E-state index in [-0.39, 0.29) is 0 Å². The van der Waals surface area contributed by atoms with Crippen LogP contribution in [0, 0.1) is 0 Å². The van der Waals surface area contributed by atoms with Crippen molar-refractivity contribution in [2.45, 2.75) is 14.0 Å². The Balaban J connectivity index is 1.51. The van der Waals surface area contributed by atoms with Gasteiger partial charge in [0.2, 0.25) is 0 Å². The first-order valence-electron chi connectivity index (χ1n) is 10.0. The van der Waals surface area contributed by atoms with Gasteiger partial charge in [0, 0.05) is 0 Å². The van der Waals surface area contributed by atoms with E-state index in [0.29, 0.717) is 6.17 Å². The molecule has 4 aliphatic heterocycles. The zero-order valence-electron chi connectivity index (χ0n) is 15.6. The quantitative estimate of drug-likeness (QED) is 0.285. The molecule has 3 nitrogen and oxygen atoms in total. The van der Waals surface area contributed by atoms with Gasteiger partial charge in [-0.05, 0) is 0 Å². The van der Waals surface area contributed by atoms with Gasteiger partial charge in [-0.25, -0.2) is 0 Å². The second-order valence-corrected chi connectivity index (χ2v) is 18.8. The normalized spacial score (nSPS) is 28.8. The third-order valence-electron chi connectivity index (χ3n) is 7.37. The van der Waals surface area contributed by atoms with E-state index in [0.717, 1.165) is 19.0 Å².